The van der Waals surface area contributed by atoms with Gasteiger partial charge in [0.05, 0.1) is 20.3 Å². The number of carbonyl (C=O) groups excluding carboxylic acids is 2. The number of hydrogen-bond donors (Lipinski definition) is 1. The van der Waals surface area contributed by atoms with E-state index in [1.165, 1.54) is 27.2 Å². The maximum atomic E-state index is 13.2. The second-order valence-electron chi connectivity index (χ2n) is 7.88. The standard InChI is InChI=1S/C25H28ClNO6/c1-15(28)33-14-19-17(11-12-27(19)2)23-21(31-3)13-22(32-4)24(25(23)30)20(29)10-9-16-7-5-6-8-18(16)26/h5-10,13,17,19,30H,11-12,14H2,1-4H3/b10-9+. The Labute approximate surface area is 198 Å². The smallest absolute Gasteiger partial charge is 0.302 e. The minimum Gasteiger partial charge on any atom is -0.507 e. The third-order valence-corrected chi connectivity index (χ3v) is 6.27. The number of benzene rings is 2. The summed E-state index contributed by atoms with van der Waals surface area (Å²) in [6.07, 6.45) is 3.65. The molecular formula is C25H28ClNO6. The molecule has 1 saturated heterocycles. The molecule has 176 valence electrons. The number of phenols is 1. The van der Waals surface area contributed by atoms with E-state index in [0.717, 1.165) is 6.54 Å². The number of ether oxygens (including phenoxy) is 3. The molecule has 1 fully saturated rings. The highest BCUT2D eigenvalue weighted by atomic mass is 35.5. The number of methoxy groups -OCH3 is 2. The number of nitrogens with zero attached hydrogens (tertiary/aromatic N) is 1. The van der Waals surface area contributed by atoms with Crippen LogP contribution in [0.1, 0.15) is 40.7 Å². The number of halogens is 1. The summed E-state index contributed by atoms with van der Waals surface area (Å²) in [7, 11) is 4.85. The van der Waals surface area contributed by atoms with E-state index in [1.54, 1.807) is 30.3 Å². The molecule has 0 amide bonds. The van der Waals surface area contributed by atoms with E-state index in [9.17, 15) is 14.7 Å². The molecule has 1 aliphatic heterocycles. The molecule has 2 aromatic rings. The first-order valence-electron chi connectivity index (χ1n) is 10.6. The van der Waals surface area contributed by atoms with Crippen molar-refractivity contribution in [1.29, 1.82) is 0 Å². The van der Waals surface area contributed by atoms with Crippen molar-refractivity contribution in [3.8, 4) is 17.2 Å². The van der Waals surface area contributed by atoms with Gasteiger partial charge in [-0.2, -0.15) is 0 Å². The number of hydrogen-bond acceptors (Lipinski definition) is 7. The van der Waals surface area contributed by atoms with Crippen molar-refractivity contribution in [3.63, 3.8) is 0 Å². The van der Waals surface area contributed by atoms with Gasteiger partial charge in [-0.1, -0.05) is 29.8 Å². The zero-order valence-electron chi connectivity index (χ0n) is 19.1. The van der Waals surface area contributed by atoms with E-state index in [1.807, 2.05) is 13.1 Å². The summed E-state index contributed by atoms with van der Waals surface area (Å²) in [5.41, 5.74) is 1.21. The fraction of sp³-hybridized carbons (Fsp3) is 0.360. The van der Waals surface area contributed by atoms with E-state index in [-0.39, 0.29) is 41.6 Å². The number of esters is 1. The van der Waals surface area contributed by atoms with Crippen LogP contribution in [0.3, 0.4) is 0 Å². The van der Waals surface area contributed by atoms with Crippen LogP contribution in [0.5, 0.6) is 17.2 Å². The summed E-state index contributed by atoms with van der Waals surface area (Å²) in [6.45, 7) is 2.26. The van der Waals surface area contributed by atoms with Crippen LogP contribution >= 0.6 is 11.6 Å². The Morgan fingerprint density at radius 3 is 2.55 bits per heavy atom. The van der Waals surface area contributed by atoms with Crippen molar-refractivity contribution >= 4 is 29.4 Å². The Balaban J connectivity index is 2.05. The van der Waals surface area contributed by atoms with Crippen molar-refractivity contribution in [3.05, 3.63) is 58.1 Å². The van der Waals surface area contributed by atoms with Crippen molar-refractivity contribution in [2.24, 2.45) is 0 Å². The Hall–Kier alpha value is -3.03. The summed E-state index contributed by atoms with van der Waals surface area (Å²) in [5, 5.41) is 11.8. The quantitative estimate of drug-likeness (QED) is 0.347. The van der Waals surface area contributed by atoms with Gasteiger partial charge < -0.3 is 19.3 Å². The van der Waals surface area contributed by atoms with Gasteiger partial charge in [0.2, 0.25) is 0 Å². The zero-order chi connectivity index (χ0) is 24.1. The van der Waals surface area contributed by atoms with E-state index in [2.05, 4.69) is 4.90 Å². The highest BCUT2D eigenvalue weighted by Crippen LogP contribution is 2.47. The maximum Gasteiger partial charge on any atom is 0.302 e. The molecule has 2 aromatic carbocycles. The van der Waals surface area contributed by atoms with Gasteiger partial charge in [0.1, 0.15) is 29.4 Å². The van der Waals surface area contributed by atoms with Crippen LogP contribution in [0, 0.1) is 0 Å². The van der Waals surface area contributed by atoms with Crippen molar-refractivity contribution in [1.82, 2.24) is 4.90 Å². The Bertz CT molecular complexity index is 1070. The van der Waals surface area contributed by atoms with E-state index < -0.39 is 5.78 Å². The Morgan fingerprint density at radius 1 is 1.21 bits per heavy atom. The predicted octanol–water partition coefficient (Wildman–Crippen LogP) is 4.31. The molecule has 2 atom stereocenters. The van der Waals surface area contributed by atoms with Gasteiger partial charge in [0, 0.05) is 29.5 Å². The van der Waals surface area contributed by atoms with Crippen LogP contribution in [-0.4, -0.2) is 62.2 Å². The van der Waals surface area contributed by atoms with Crippen LogP contribution < -0.4 is 9.47 Å². The van der Waals surface area contributed by atoms with Crippen molar-refractivity contribution in [2.45, 2.75) is 25.3 Å². The van der Waals surface area contributed by atoms with Crippen LogP contribution in [0.25, 0.3) is 6.08 Å². The van der Waals surface area contributed by atoms with Gasteiger partial charge in [-0.25, -0.2) is 0 Å². The summed E-state index contributed by atoms with van der Waals surface area (Å²) in [5.74, 6) is -0.618. The predicted molar refractivity (Wildman–Crippen MR) is 126 cm³/mol. The number of likely N-dealkylation sites (tertiary alicyclic amines) is 1. The van der Waals surface area contributed by atoms with Gasteiger partial charge in [-0.3, -0.25) is 14.5 Å². The lowest BCUT2D eigenvalue weighted by Gasteiger charge is -2.27. The molecule has 0 radical (unpaired) electrons. The monoisotopic (exact) mass is 473 g/mol. The number of phenolic OH excluding ortho intramolecular Hbond substituents is 1. The molecule has 0 aromatic heterocycles. The lowest BCUT2D eigenvalue weighted by molar-refractivity contribution is -0.142. The number of carbonyl (C=O) groups is 2. The highest BCUT2D eigenvalue weighted by molar-refractivity contribution is 6.32. The van der Waals surface area contributed by atoms with Crippen LogP contribution in [0.4, 0.5) is 0 Å². The molecule has 2 unspecified atom stereocenters. The number of rotatable bonds is 8. The SMILES string of the molecule is COc1cc(OC)c(C2CCN(C)C2COC(C)=O)c(O)c1C(=O)/C=C/c1ccccc1Cl. The average Bonchev–Trinajstić information content (AvgIpc) is 3.15. The normalized spacial score (nSPS) is 18.5. The van der Waals surface area contributed by atoms with Crippen LogP contribution in [0.15, 0.2) is 36.4 Å². The van der Waals surface area contributed by atoms with Crippen molar-refractivity contribution in [2.75, 3.05) is 34.4 Å². The molecule has 3 rings (SSSR count). The fourth-order valence-electron chi connectivity index (χ4n) is 4.21. The third-order valence-electron chi connectivity index (χ3n) is 5.92. The molecule has 0 saturated carbocycles. The van der Waals surface area contributed by atoms with Gasteiger partial charge in [0.25, 0.3) is 0 Å². The maximum absolute atomic E-state index is 13.2. The Morgan fingerprint density at radius 2 is 1.91 bits per heavy atom. The molecule has 7 nitrogen and oxygen atoms in total. The summed E-state index contributed by atoms with van der Waals surface area (Å²) in [4.78, 5) is 26.6. The lowest BCUT2D eigenvalue weighted by Crippen LogP contribution is -2.34. The van der Waals surface area contributed by atoms with Gasteiger partial charge in [-0.05, 0) is 43.8 Å². The summed E-state index contributed by atoms with van der Waals surface area (Å²) in [6, 6.07) is 8.57. The molecule has 0 aliphatic carbocycles. The Kier molecular flexibility index (Phi) is 8.00. The van der Waals surface area contributed by atoms with Gasteiger partial charge in [0.15, 0.2) is 5.78 Å². The molecule has 0 spiro atoms. The van der Waals surface area contributed by atoms with E-state index >= 15 is 0 Å². The van der Waals surface area contributed by atoms with E-state index in [0.29, 0.717) is 28.3 Å². The first-order valence-corrected chi connectivity index (χ1v) is 10.9. The molecule has 33 heavy (non-hydrogen) atoms. The second kappa shape index (κ2) is 10.7. The molecular weight excluding hydrogens is 446 g/mol. The molecule has 8 heteroatoms. The zero-order valence-corrected chi connectivity index (χ0v) is 19.9. The molecule has 1 aliphatic rings. The minimum absolute atomic E-state index is 0.0393. The highest BCUT2D eigenvalue weighted by Gasteiger charge is 2.39. The first-order chi connectivity index (χ1) is 15.8. The van der Waals surface area contributed by atoms with Gasteiger partial charge >= 0.3 is 5.97 Å². The summed E-state index contributed by atoms with van der Waals surface area (Å²) >= 11 is 6.18. The molecule has 0 bridgehead atoms. The topological polar surface area (TPSA) is 85.3 Å². The molecule has 1 heterocycles. The molecule has 1 N–H and O–H groups in total. The number of likely N-dealkylation sites (N-methyl/N-ethyl adjacent to an activating group) is 1. The van der Waals surface area contributed by atoms with Gasteiger partial charge in [-0.15, -0.1) is 0 Å². The van der Waals surface area contributed by atoms with Crippen LogP contribution in [0.2, 0.25) is 5.02 Å². The summed E-state index contributed by atoms with van der Waals surface area (Å²) < 4.78 is 16.2. The number of aromatic hydroxyl groups is 1. The van der Waals surface area contributed by atoms with E-state index in [4.69, 9.17) is 25.8 Å². The first kappa shape index (κ1) is 24.6. The van der Waals surface area contributed by atoms with Crippen LogP contribution in [-0.2, 0) is 9.53 Å². The largest absolute Gasteiger partial charge is 0.507 e. The lowest BCUT2D eigenvalue weighted by atomic mass is 9.87. The number of allylic oxidation sites excluding steroid dienone is 1. The fourth-order valence-corrected chi connectivity index (χ4v) is 4.41. The minimum atomic E-state index is -0.434. The van der Waals surface area contributed by atoms with Crippen molar-refractivity contribution < 1.29 is 28.9 Å². The average molecular weight is 474 g/mol. The number of ketones is 1. The third kappa shape index (κ3) is 5.31. The second-order valence-corrected chi connectivity index (χ2v) is 8.29.